The highest BCUT2D eigenvalue weighted by Crippen LogP contribution is 2.15. The van der Waals surface area contributed by atoms with E-state index in [-0.39, 0.29) is 0 Å². The zero-order chi connectivity index (χ0) is 12.4. The molecule has 0 aliphatic rings. The van der Waals surface area contributed by atoms with E-state index in [4.69, 9.17) is 8.85 Å². The van der Waals surface area contributed by atoms with E-state index in [9.17, 15) is 0 Å². The van der Waals surface area contributed by atoms with Crippen LogP contribution in [0.5, 0.6) is 0 Å². The molecule has 3 nitrogen and oxygen atoms in total. The lowest BCUT2D eigenvalue weighted by Crippen LogP contribution is -2.38. The molecule has 0 bridgehead atoms. The van der Waals surface area contributed by atoms with Gasteiger partial charge in [0.1, 0.15) is 0 Å². The molecule has 0 aromatic carbocycles. The van der Waals surface area contributed by atoms with Gasteiger partial charge in [0.2, 0.25) is 0 Å². The maximum Gasteiger partial charge on any atom is 0.334 e. The lowest BCUT2D eigenvalue weighted by atomic mass is 10.3. The molecule has 0 fully saturated rings. The fraction of sp³-hybridized carbons (Fsp3) is 0.917. The number of hydrogen-bond donors (Lipinski definition) is 0. The number of rotatable bonds is 9. The van der Waals surface area contributed by atoms with Crippen molar-refractivity contribution < 1.29 is 8.85 Å². The normalized spacial score (nSPS) is 13.2. The second kappa shape index (κ2) is 8.90. The van der Waals surface area contributed by atoms with Crippen LogP contribution < -0.4 is 0 Å². The van der Waals surface area contributed by atoms with E-state index >= 15 is 0 Å². The highest BCUT2D eigenvalue weighted by atomic mass is 28.4. The van der Waals surface area contributed by atoms with E-state index < -0.39 is 8.56 Å². The highest BCUT2D eigenvalue weighted by molar-refractivity contribution is 6.66. The molecule has 0 aliphatic carbocycles. The maximum atomic E-state index is 5.77. The highest BCUT2D eigenvalue weighted by Gasteiger charge is 2.29. The summed E-state index contributed by atoms with van der Waals surface area (Å²) in [5, 5.41) is 0. The molecule has 0 aromatic heterocycles. The predicted molar refractivity (Wildman–Crippen MR) is 72.6 cm³/mol. The number of nitrogens with zero attached hydrogens (tertiary/aromatic N) is 1. The molecule has 0 heterocycles. The largest absolute Gasteiger partial charge is 0.395 e. The fourth-order valence-electron chi connectivity index (χ4n) is 1.58. The minimum atomic E-state index is -1.90. The average molecular weight is 245 g/mol. The second-order valence-electron chi connectivity index (χ2n) is 4.07. The molecule has 16 heavy (non-hydrogen) atoms. The fourth-order valence-corrected chi connectivity index (χ4v) is 3.97. The van der Waals surface area contributed by atoms with Crippen molar-refractivity contribution in [3.05, 3.63) is 0 Å². The summed E-state index contributed by atoms with van der Waals surface area (Å²) in [6, 6.07) is 1.04. The van der Waals surface area contributed by atoms with E-state index in [1.54, 1.807) is 0 Å². The minimum Gasteiger partial charge on any atom is -0.395 e. The van der Waals surface area contributed by atoms with E-state index in [1.807, 2.05) is 13.8 Å². The van der Waals surface area contributed by atoms with Gasteiger partial charge in [-0.3, -0.25) is 4.99 Å². The third-order valence-corrected chi connectivity index (χ3v) is 5.64. The average Bonchev–Trinajstić information content (AvgIpc) is 2.25. The molecule has 0 aliphatic heterocycles. The summed E-state index contributed by atoms with van der Waals surface area (Å²) in [7, 11) is -1.90. The van der Waals surface area contributed by atoms with Crippen LogP contribution in [0.25, 0.3) is 0 Å². The van der Waals surface area contributed by atoms with Gasteiger partial charge in [0.15, 0.2) is 0 Å². The molecule has 0 atom stereocenters. The van der Waals surface area contributed by atoms with Crippen LogP contribution in [0, 0.1) is 0 Å². The number of aliphatic imine (C=N–C) groups is 1. The van der Waals surface area contributed by atoms with Gasteiger partial charge < -0.3 is 8.85 Å². The van der Waals surface area contributed by atoms with Gasteiger partial charge in [0, 0.05) is 25.5 Å². The summed E-state index contributed by atoms with van der Waals surface area (Å²) >= 11 is 0. The summed E-state index contributed by atoms with van der Waals surface area (Å²) < 4.78 is 11.5. The van der Waals surface area contributed by atoms with Crippen LogP contribution >= 0.6 is 0 Å². The first-order chi connectivity index (χ1) is 7.58. The molecule has 0 N–H and O–H groups in total. The molecule has 0 rings (SSSR count). The van der Waals surface area contributed by atoms with Crippen LogP contribution in [-0.4, -0.2) is 34.0 Å². The van der Waals surface area contributed by atoms with Crippen LogP contribution in [0.4, 0.5) is 0 Å². The molecule has 0 amide bonds. The van der Waals surface area contributed by atoms with Crippen molar-refractivity contribution >= 4 is 14.3 Å². The Balaban J connectivity index is 3.93. The van der Waals surface area contributed by atoms with Crippen LogP contribution in [0.2, 0.25) is 12.6 Å². The van der Waals surface area contributed by atoms with Crippen molar-refractivity contribution in [3.8, 4) is 0 Å². The van der Waals surface area contributed by atoms with Crippen molar-refractivity contribution in [3.63, 3.8) is 0 Å². The van der Waals surface area contributed by atoms with Gasteiger partial charge in [-0.15, -0.1) is 0 Å². The molecular weight excluding hydrogens is 218 g/mol. The summed E-state index contributed by atoms with van der Waals surface area (Å²) in [4.78, 5) is 4.49. The minimum absolute atomic E-state index is 0.750. The molecule has 0 radical (unpaired) electrons. The Morgan fingerprint density at radius 3 is 2.12 bits per heavy atom. The standard InChI is InChI=1S/C12H27NO2Si/c1-6-12(4)13-10-9-11-16(5,14-7-2)15-8-3/h6-11H2,1-5H3. The predicted octanol–water partition coefficient (Wildman–Crippen LogP) is 3.39. The quantitative estimate of drug-likeness (QED) is 0.354. The summed E-state index contributed by atoms with van der Waals surface area (Å²) in [5.41, 5.74) is 1.23. The van der Waals surface area contributed by atoms with Gasteiger partial charge in [-0.25, -0.2) is 0 Å². The van der Waals surface area contributed by atoms with Crippen LogP contribution in [0.1, 0.15) is 40.5 Å². The Morgan fingerprint density at radius 2 is 1.69 bits per heavy atom. The van der Waals surface area contributed by atoms with Crippen molar-refractivity contribution in [1.29, 1.82) is 0 Å². The van der Waals surface area contributed by atoms with E-state index in [1.165, 1.54) is 5.71 Å². The molecule has 0 unspecified atom stereocenters. The molecule has 0 spiro atoms. The smallest absolute Gasteiger partial charge is 0.334 e. The molecule has 0 aromatic rings. The van der Waals surface area contributed by atoms with Gasteiger partial charge in [0.05, 0.1) is 0 Å². The van der Waals surface area contributed by atoms with Gasteiger partial charge in [-0.2, -0.15) is 0 Å². The monoisotopic (exact) mass is 245 g/mol. The molecular formula is C12H27NO2Si. The Labute approximate surface area is 102 Å². The maximum absolute atomic E-state index is 5.77. The van der Waals surface area contributed by atoms with Gasteiger partial charge in [-0.1, -0.05) is 6.92 Å². The molecule has 0 saturated heterocycles. The number of hydrogen-bond acceptors (Lipinski definition) is 3. The van der Waals surface area contributed by atoms with Gasteiger partial charge in [-0.05, 0) is 46.2 Å². The molecule has 0 saturated carbocycles. The van der Waals surface area contributed by atoms with Crippen molar-refractivity contribution in [1.82, 2.24) is 0 Å². The Morgan fingerprint density at radius 1 is 1.12 bits per heavy atom. The van der Waals surface area contributed by atoms with E-state index in [0.717, 1.165) is 38.6 Å². The van der Waals surface area contributed by atoms with Crippen molar-refractivity contribution in [2.45, 2.75) is 53.1 Å². The Hall–Kier alpha value is -0.193. The summed E-state index contributed by atoms with van der Waals surface area (Å²) in [6.07, 6.45) is 2.12. The van der Waals surface area contributed by atoms with Crippen LogP contribution in [0.3, 0.4) is 0 Å². The van der Waals surface area contributed by atoms with Gasteiger partial charge >= 0.3 is 8.56 Å². The van der Waals surface area contributed by atoms with Crippen LogP contribution in [0.15, 0.2) is 4.99 Å². The van der Waals surface area contributed by atoms with E-state index in [0.29, 0.717) is 0 Å². The first-order valence-electron chi connectivity index (χ1n) is 6.35. The lowest BCUT2D eigenvalue weighted by Gasteiger charge is -2.25. The topological polar surface area (TPSA) is 30.8 Å². The van der Waals surface area contributed by atoms with Crippen molar-refractivity contribution in [2.75, 3.05) is 19.8 Å². The van der Waals surface area contributed by atoms with Gasteiger partial charge in [0.25, 0.3) is 0 Å². The summed E-state index contributed by atoms with van der Waals surface area (Å²) in [5.74, 6) is 0. The van der Waals surface area contributed by atoms with E-state index in [2.05, 4.69) is 25.4 Å². The third-order valence-electron chi connectivity index (χ3n) is 2.58. The Kier molecular flexibility index (Phi) is 8.79. The zero-order valence-electron chi connectivity index (χ0n) is 11.5. The molecule has 4 heteroatoms. The zero-order valence-corrected chi connectivity index (χ0v) is 12.5. The first kappa shape index (κ1) is 15.8. The van der Waals surface area contributed by atoms with Crippen LogP contribution in [-0.2, 0) is 8.85 Å². The second-order valence-corrected chi connectivity index (χ2v) is 7.42. The lowest BCUT2D eigenvalue weighted by molar-refractivity contribution is 0.188. The molecule has 96 valence electrons. The first-order valence-corrected chi connectivity index (χ1v) is 8.88. The Bertz CT molecular complexity index is 201. The summed E-state index contributed by atoms with van der Waals surface area (Å²) in [6.45, 7) is 12.8. The third kappa shape index (κ3) is 7.14. The van der Waals surface area contributed by atoms with Crippen molar-refractivity contribution in [2.24, 2.45) is 4.99 Å². The SMILES string of the molecule is CCO[Si](C)(CCCN=C(C)CC)OCC.